The summed E-state index contributed by atoms with van der Waals surface area (Å²) in [6.07, 6.45) is 0. The van der Waals surface area contributed by atoms with E-state index in [9.17, 15) is 22.8 Å². The van der Waals surface area contributed by atoms with Crippen LogP contribution in [0.5, 0.6) is 0 Å². The van der Waals surface area contributed by atoms with E-state index in [-0.39, 0.29) is 4.90 Å². The lowest BCUT2D eigenvalue weighted by molar-refractivity contribution is -0.149. The average molecular weight is 468 g/mol. The van der Waals surface area contributed by atoms with E-state index in [1.807, 2.05) is 0 Å². The standard InChI is InChI=1S/C23H21N3O6S/c24-33(30,31)19-13-11-18(12-14-19)25-20(27)15-32-23(29)21(16-7-3-1-4-8-16)26-22(28)17-9-5-2-6-10-17/h1-14,21H,15H2,(H,25,27)(H,26,28)(H2,24,30,31)/t21-/m0/s1. The number of sulfonamides is 1. The Labute approximate surface area is 190 Å². The van der Waals surface area contributed by atoms with Crippen LogP contribution < -0.4 is 15.8 Å². The quantitative estimate of drug-likeness (QED) is 0.432. The highest BCUT2D eigenvalue weighted by molar-refractivity contribution is 7.89. The van der Waals surface area contributed by atoms with Crippen molar-refractivity contribution in [2.75, 3.05) is 11.9 Å². The number of hydrogen-bond donors (Lipinski definition) is 3. The van der Waals surface area contributed by atoms with Crippen molar-refractivity contribution in [2.24, 2.45) is 5.14 Å². The maximum absolute atomic E-state index is 12.7. The second-order valence-electron chi connectivity index (χ2n) is 6.91. The van der Waals surface area contributed by atoms with Crippen molar-refractivity contribution < 1.29 is 27.5 Å². The second kappa shape index (κ2) is 10.5. The molecule has 0 aromatic heterocycles. The fourth-order valence-corrected chi connectivity index (χ4v) is 3.39. The topological polar surface area (TPSA) is 145 Å². The molecular formula is C23H21N3O6S. The molecule has 0 fully saturated rings. The van der Waals surface area contributed by atoms with E-state index in [4.69, 9.17) is 9.88 Å². The maximum atomic E-state index is 12.7. The number of esters is 1. The fourth-order valence-electron chi connectivity index (χ4n) is 2.87. The predicted octanol–water partition coefficient (Wildman–Crippen LogP) is 1.99. The Morgan fingerprint density at radius 2 is 1.42 bits per heavy atom. The Kier molecular flexibility index (Phi) is 7.54. The van der Waals surface area contributed by atoms with Crippen molar-refractivity contribution in [1.29, 1.82) is 0 Å². The van der Waals surface area contributed by atoms with Gasteiger partial charge in [0.2, 0.25) is 10.0 Å². The lowest BCUT2D eigenvalue weighted by Crippen LogP contribution is -2.36. The third-order valence-electron chi connectivity index (χ3n) is 4.49. The molecule has 0 saturated carbocycles. The molecule has 1 atom stereocenters. The van der Waals surface area contributed by atoms with E-state index in [2.05, 4.69) is 10.6 Å². The summed E-state index contributed by atoms with van der Waals surface area (Å²) in [6, 6.07) is 20.9. The third-order valence-corrected chi connectivity index (χ3v) is 5.42. The van der Waals surface area contributed by atoms with Gasteiger partial charge in [0.25, 0.3) is 11.8 Å². The van der Waals surface area contributed by atoms with Crippen LogP contribution >= 0.6 is 0 Å². The maximum Gasteiger partial charge on any atom is 0.333 e. The largest absolute Gasteiger partial charge is 0.454 e. The zero-order chi connectivity index (χ0) is 23.8. The lowest BCUT2D eigenvalue weighted by Gasteiger charge is -2.18. The molecule has 0 saturated heterocycles. The number of ether oxygens (including phenoxy) is 1. The number of nitrogens with two attached hydrogens (primary N) is 1. The van der Waals surface area contributed by atoms with Crippen LogP contribution in [0, 0.1) is 0 Å². The number of anilines is 1. The molecule has 0 aliphatic heterocycles. The van der Waals surface area contributed by atoms with E-state index >= 15 is 0 Å². The Balaban J connectivity index is 1.64. The van der Waals surface area contributed by atoms with Gasteiger partial charge in [0.1, 0.15) is 0 Å². The normalized spacial score (nSPS) is 11.8. The first-order chi connectivity index (χ1) is 15.7. The van der Waals surface area contributed by atoms with Crippen LogP contribution in [0.25, 0.3) is 0 Å². The van der Waals surface area contributed by atoms with Crippen molar-refractivity contribution in [3.05, 3.63) is 96.1 Å². The van der Waals surface area contributed by atoms with E-state index in [1.54, 1.807) is 60.7 Å². The van der Waals surface area contributed by atoms with Gasteiger partial charge in [-0.1, -0.05) is 48.5 Å². The summed E-state index contributed by atoms with van der Waals surface area (Å²) in [6.45, 7) is -0.611. The third kappa shape index (κ3) is 6.73. The summed E-state index contributed by atoms with van der Waals surface area (Å²) in [5.74, 6) is -1.93. The molecule has 0 heterocycles. The second-order valence-corrected chi connectivity index (χ2v) is 8.47. The number of hydrogen-bond acceptors (Lipinski definition) is 6. The molecule has 0 bridgehead atoms. The van der Waals surface area contributed by atoms with Gasteiger partial charge < -0.3 is 15.4 Å². The van der Waals surface area contributed by atoms with Gasteiger partial charge in [-0.2, -0.15) is 0 Å². The Hall–Kier alpha value is -4.02. The Bertz CT molecular complexity index is 1230. The zero-order valence-electron chi connectivity index (χ0n) is 17.3. The van der Waals surface area contributed by atoms with Crippen LogP contribution in [-0.2, 0) is 24.3 Å². The highest BCUT2D eigenvalue weighted by Gasteiger charge is 2.25. The molecule has 170 valence electrons. The van der Waals surface area contributed by atoms with Gasteiger partial charge in [-0.15, -0.1) is 0 Å². The number of carbonyl (C=O) groups is 3. The SMILES string of the molecule is NS(=O)(=O)c1ccc(NC(=O)COC(=O)[C@@H](NC(=O)c2ccccc2)c2ccccc2)cc1. The monoisotopic (exact) mass is 467 g/mol. The van der Waals surface area contributed by atoms with Crippen molar-refractivity contribution in [2.45, 2.75) is 10.9 Å². The van der Waals surface area contributed by atoms with Crippen molar-refractivity contribution in [1.82, 2.24) is 5.32 Å². The summed E-state index contributed by atoms with van der Waals surface area (Å²) in [5, 5.41) is 10.1. The molecular weight excluding hydrogens is 446 g/mol. The number of carbonyl (C=O) groups excluding carboxylic acids is 3. The minimum Gasteiger partial charge on any atom is -0.454 e. The fraction of sp³-hybridized carbons (Fsp3) is 0.0870. The van der Waals surface area contributed by atoms with Gasteiger partial charge in [-0.05, 0) is 42.0 Å². The van der Waals surface area contributed by atoms with Crippen molar-refractivity contribution >= 4 is 33.5 Å². The minimum absolute atomic E-state index is 0.105. The van der Waals surface area contributed by atoms with Crippen LogP contribution in [-0.4, -0.2) is 32.8 Å². The summed E-state index contributed by atoms with van der Waals surface area (Å²) < 4.78 is 27.7. The van der Waals surface area contributed by atoms with Gasteiger partial charge in [0, 0.05) is 11.3 Å². The van der Waals surface area contributed by atoms with Gasteiger partial charge >= 0.3 is 5.97 Å². The highest BCUT2D eigenvalue weighted by Crippen LogP contribution is 2.16. The van der Waals surface area contributed by atoms with Crippen molar-refractivity contribution in [3.63, 3.8) is 0 Å². The van der Waals surface area contributed by atoms with Crippen LogP contribution in [0.3, 0.4) is 0 Å². The first kappa shape index (κ1) is 23.6. The van der Waals surface area contributed by atoms with E-state index in [0.29, 0.717) is 16.8 Å². The van der Waals surface area contributed by atoms with E-state index in [1.165, 1.54) is 24.3 Å². The minimum atomic E-state index is -3.85. The smallest absolute Gasteiger partial charge is 0.333 e. The number of nitrogens with one attached hydrogen (secondary N) is 2. The van der Waals surface area contributed by atoms with E-state index < -0.39 is 40.5 Å². The van der Waals surface area contributed by atoms with Crippen molar-refractivity contribution in [3.8, 4) is 0 Å². The predicted molar refractivity (Wildman–Crippen MR) is 120 cm³/mol. The van der Waals surface area contributed by atoms with Crippen LogP contribution in [0.4, 0.5) is 5.69 Å². The molecule has 10 heteroatoms. The van der Waals surface area contributed by atoms with E-state index in [0.717, 1.165) is 0 Å². The van der Waals surface area contributed by atoms with Crippen LogP contribution in [0.15, 0.2) is 89.8 Å². The lowest BCUT2D eigenvalue weighted by atomic mass is 10.1. The molecule has 0 spiro atoms. The molecule has 3 aromatic carbocycles. The molecule has 0 aliphatic rings. The summed E-state index contributed by atoms with van der Waals surface area (Å²) >= 11 is 0. The highest BCUT2D eigenvalue weighted by atomic mass is 32.2. The molecule has 3 aromatic rings. The first-order valence-electron chi connectivity index (χ1n) is 9.74. The Morgan fingerprint density at radius 3 is 2.00 bits per heavy atom. The molecule has 0 unspecified atom stereocenters. The number of primary sulfonamides is 1. The Morgan fingerprint density at radius 1 is 0.848 bits per heavy atom. The zero-order valence-corrected chi connectivity index (χ0v) is 18.1. The first-order valence-corrected chi connectivity index (χ1v) is 11.3. The molecule has 9 nitrogen and oxygen atoms in total. The van der Waals surface area contributed by atoms with Gasteiger partial charge in [-0.25, -0.2) is 18.4 Å². The molecule has 0 aliphatic carbocycles. The summed E-state index contributed by atoms with van der Waals surface area (Å²) in [7, 11) is -3.85. The molecule has 3 rings (SSSR count). The summed E-state index contributed by atoms with van der Waals surface area (Å²) in [5.41, 5.74) is 1.15. The van der Waals surface area contributed by atoms with Gasteiger partial charge in [0.15, 0.2) is 12.6 Å². The van der Waals surface area contributed by atoms with Gasteiger partial charge in [0.05, 0.1) is 4.90 Å². The number of benzene rings is 3. The van der Waals surface area contributed by atoms with Crippen LogP contribution in [0.1, 0.15) is 22.0 Å². The summed E-state index contributed by atoms with van der Waals surface area (Å²) in [4.78, 5) is 37.4. The van der Waals surface area contributed by atoms with Gasteiger partial charge in [-0.3, -0.25) is 9.59 Å². The molecule has 33 heavy (non-hydrogen) atoms. The number of rotatable bonds is 8. The number of amides is 2. The van der Waals surface area contributed by atoms with Crippen LogP contribution in [0.2, 0.25) is 0 Å². The molecule has 2 amide bonds. The molecule has 0 radical (unpaired) electrons. The molecule has 4 N–H and O–H groups in total. The average Bonchev–Trinajstić information content (AvgIpc) is 2.81.